The van der Waals surface area contributed by atoms with E-state index in [2.05, 4.69) is 0 Å². The third-order valence-corrected chi connectivity index (χ3v) is 3.43. The van der Waals surface area contributed by atoms with E-state index in [1.54, 1.807) is 0 Å². The molecule has 74 valence electrons. The third kappa shape index (κ3) is 1.72. The number of hydrogen-bond acceptors (Lipinski definition) is 4. The molecule has 1 saturated heterocycles. The number of nitrogens with one attached hydrogen (secondary N) is 1. The lowest BCUT2D eigenvalue weighted by atomic mass is 10.3. The van der Waals surface area contributed by atoms with Crippen LogP contribution in [0.25, 0.3) is 0 Å². The van der Waals surface area contributed by atoms with Crippen LogP contribution in [0.3, 0.4) is 0 Å². The summed E-state index contributed by atoms with van der Waals surface area (Å²) in [6.07, 6.45) is 0. The zero-order valence-electron chi connectivity index (χ0n) is 6.72. The summed E-state index contributed by atoms with van der Waals surface area (Å²) in [6, 6.07) is -2.27. The molecule has 1 rings (SSSR count). The molecule has 1 aliphatic rings. The van der Waals surface area contributed by atoms with Gasteiger partial charge in [-0.05, 0) is 0 Å². The highest BCUT2D eigenvalue weighted by Crippen LogP contribution is 2.07. The number of urea groups is 1. The van der Waals surface area contributed by atoms with Gasteiger partial charge in [-0.3, -0.25) is 0 Å². The van der Waals surface area contributed by atoms with Crippen molar-refractivity contribution in [2.45, 2.75) is 6.04 Å². The molecule has 0 aliphatic carbocycles. The van der Waals surface area contributed by atoms with E-state index in [1.165, 1.54) is 0 Å². The van der Waals surface area contributed by atoms with Crippen LogP contribution in [0.15, 0.2) is 0 Å². The van der Waals surface area contributed by atoms with E-state index in [0.29, 0.717) is 4.31 Å². The molecule has 8 heteroatoms. The Kier molecular flexibility index (Phi) is 2.16. The van der Waals surface area contributed by atoms with Crippen molar-refractivity contribution in [2.24, 2.45) is 0 Å². The van der Waals surface area contributed by atoms with Crippen LogP contribution >= 0.6 is 0 Å². The molecule has 0 unspecified atom stereocenters. The summed E-state index contributed by atoms with van der Waals surface area (Å²) in [5, 5.41) is 10.5. The minimum Gasteiger partial charge on any atom is -0.480 e. The van der Waals surface area contributed by atoms with Gasteiger partial charge in [0.25, 0.3) is 0 Å². The zero-order valence-corrected chi connectivity index (χ0v) is 7.54. The van der Waals surface area contributed by atoms with Crippen molar-refractivity contribution in [1.82, 2.24) is 9.62 Å². The molecule has 0 aromatic carbocycles. The Morgan fingerprint density at radius 3 is 2.62 bits per heavy atom. The summed E-state index contributed by atoms with van der Waals surface area (Å²) in [4.78, 5) is 21.3. The average Bonchev–Trinajstić information content (AvgIpc) is 1.99. The fourth-order valence-corrected chi connectivity index (χ4v) is 2.04. The summed E-state index contributed by atoms with van der Waals surface area (Å²) in [5.74, 6) is -1.96. The highest BCUT2D eigenvalue weighted by Gasteiger charge is 2.37. The maximum absolute atomic E-state index is 11.1. The minimum atomic E-state index is -3.76. The molecule has 1 heterocycles. The standard InChI is InChI=1S/C5H8N2O5S/c1-7-5(10)6-3(4(8)9)2-13(7,11)12/h3H,2H2,1H3,(H,6,10)(H,8,9)/t3-/m0/s1. The van der Waals surface area contributed by atoms with Gasteiger partial charge in [-0.2, -0.15) is 0 Å². The lowest BCUT2D eigenvalue weighted by Gasteiger charge is -2.27. The van der Waals surface area contributed by atoms with Crippen LogP contribution in [0.5, 0.6) is 0 Å². The second-order valence-electron chi connectivity index (χ2n) is 2.59. The van der Waals surface area contributed by atoms with E-state index in [0.717, 1.165) is 7.05 Å². The van der Waals surface area contributed by atoms with Crippen molar-refractivity contribution >= 4 is 22.0 Å². The number of rotatable bonds is 1. The molecule has 1 aliphatic heterocycles. The van der Waals surface area contributed by atoms with Crippen LogP contribution in [0.1, 0.15) is 0 Å². The molecule has 0 aromatic heterocycles. The molecular weight excluding hydrogens is 200 g/mol. The number of amides is 2. The van der Waals surface area contributed by atoms with Gasteiger partial charge in [0.2, 0.25) is 10.0 Å². The van der Waals surface area contributed by atoms with Gasteiger partial charge >= 0.3 is 12.0 Å². The van der Waals surface area contributed by atoms with Gasteiger partial charge in [-0.1, -0.05) is 0 Å². The molecule has 0 spiro atoms. The summed E-state index contributed by atoms with van der Waals surface area (Å²) >= 11 is 0. The fraction of sp³-hybridized carbons (Fsp3) is 0.600. The maximum atomic E-state index is 11.1. The van der Waals surface area contributed by atoms with Crippen molar-refractivity contribution in [2.75, 3.05) is 12.8 Å². The van der Waals surface area contributed by atoms with Crippen molar-refractivity contribution in [3.63, 3.8) is 0 Å². The predicted octanol–water partition coefficient (Wildman–Crippen LogP) is -1.58. The Morgan fingerprint density at radius 1 is 1.69 bits per heavy atom. The Bertz CT molecular complexity index is 348. The van der Waals surface area contributed by atoms with Crippen molar-refractivity contribution < 1.29 is 23.1 Å². The largest absolute Gasteiger partial charge is 0.480 e. The van der Waals surface area contributed by atoms with Crippen LogP contribution in [0.4, 0.5) is 4.79 Å². The Morgan fingerprint density at radius 2 is 2.23 bits per heavy atom. The van der Waals surface area contributed by atoms with Crippen molar-refractivity contribution in [3.05, 3.63) is 0 Å². The van der Waals surface area contributed by atoms with Gasteiger partial charge in [0, 0.05) is 7.05 Å². The van der Waals surface area contributed by atoms with Gasteiger partial charge in [-0.15, -0.1) is 0 Å². The Balaban J connectivity index is 2.95. The number of carbonyl (C=O) groups excluding carboxylic acids is 1. The third-order valence-electron chi connectivity index (χ3n) is 1.68. The first-order chi connectivity index (χ1) is 5.84. The SMILES string of the molecule is CN1C(=O)N[C@H](C(=O)O)CS1(=O)=O. The molecule has 0 aromatic rings. The molecule has 1 atom stereocenters. The van der Waals surface area contributed by atoms with Crippen LogP contribution in [-0.4, -0.2) is 48.7 Å². The van der Waals surface area contributed by atoms with Gasteiger partial charge < -0.3 is 10.4 Å². The van der Waals surface area contributed by atoms with Crippen molar-refractivity contribution in [1.29, 1.82) is 0 Å². The molecule has 2 amide bonds. The highest BCUT2D eigenvalue weighted by molar-refractivity contribution is 7.89. The molecule has 13 heavy (non-hydrogen) atoms. The number of sulfonamides is 1. The second kappa shape index (κ2) is 2.87. The van der Waals surface area contributed by atoms with Gasteiger partial charge in [0.05, 0.1) is 0 Å². The van der Waals surface area contributed by atoms with E-state index < -0.39 is 33.8 Å². The smallest absolute Gasteiger partial charge is 0.331 e. The van der Waals surface area contributed by atoms with Crippen molar-refractivity contribution in [3.8, 4) is 0 Å². The van der Waals surface area contributed by atoms with E-state index in [9.17, 15) is 18.0 Å². The number of nitrogens with zero attached hydrogens (tertiary/aromatic N) is 1. The monoisotopic (exact) mass is 208 g/mol. The lowest BCUT2D eigenvalue weighted by molar-refractivity contribution is -0.138. The molecule has 0 bridgehead atoms. The summed E-state index contributed by atoms with van der Waals surface area (Å²) in [7, 11) is -2.69. The summed E-state index contributed by atoms with van der Waals surface area (Å²) in [5.41, 5.74) is 0. The summed E-state index contributed by atoms with van der Waals surface area (Å²) in [6.45, 7) is 0. The molecular formula is C5H8N2O5S. The first-order valence-corrected chi connectivity index (χ1v) is 4.95. The Labute approximate surface area is 74.4 Å². The van der Waals surface area contributed by atoms with E-state index >= 15 is 0 Å². The maximum Gasteiger partial charge on any atom is 0.331 e. The number of aliphatic carboxylic acids is 1. The quantitative estimate of drug-likeness (QED) is 0.541. The molecule has 2 N–H and O–H groups in total. The molecule has 7 nitrogen and oxygen atoms in total. The van der Waals surface area contributed by atoms with Crippen LogP contribution in [0, 0.1) is 0 Å². The first kappa shape index (κ1) is 9.78. The highest BCUT2D eigenvalue weighted by atomic mass is 32.2. The minimum absolute atomic E-state index is 0.493. The zero-order chi connectivity index (χ0) is 10.2. The summed E-state index contributed by atoms with van der Waals surface area (Å²) < 4.78 is 22.7. The lowest BCUT2D eigenvalue weighted by Crippen LogP contribution is -2.58. The molecule has 0 saturated carbocycles. The van der Waals surface area contributed by atoms with Gasteiger partial charge in [-0.25, -0.2) is 22.3 Å². The van der Waals surface area contributed by atoms with Crippen LogP contribution in [0.2, 0.25) is 0 Å². The number of carbonyl (C=O) groups is 2. The Hall–Kier alpha value is -1.31. The number of carboxylic acids is 1. The number of hydrogen-bond donors (Lipinski definition) is 2. The van der Waals surface area contributed by atoms with Gasteiger partial charge in [0.1, 0.15) is 11.8 Å². The normalized spacial score (nSPS) is 26.7. The topological polar surface area (TPSA) is 104 Å². The first-order valence-electron chi connectivity index (χ1n) is 3.34. The fourth-order valence-electron chi connectivity index (χ4n) is 0.863. The van der Waals surface area contributed by atoms with Gasteiger partial charge in [0.15, 0.2) is 0 Å². The van der Waals surface area contributed by atoms with E-state index in [1.807, 2.05) is 5.32 Å². The van der Waals surface area contributed by atoms with Crippen LogP contribution < -0.4 is 5.32 Å². The average molecular weight is 208 g/mol. The van der Waals surface area contributed by atoms with E-state index in [-0.39, 0.29) is 0 Å². The molecule has 1 fully saturated rings. The van der Waals surface area contributed by atoms with E-state index in [4.69, 9.17) is 5.11 Å². The molecule has 0 radical (unpaired) electrons. The van der Waals surface area contributed by atoms with Crippen LogP contribution in [-0.2, 0) is 14.8 Å². The second-order valence-corrected chi connectivity index (χ2v) is 4.63. The predicted molar refractivity (Wildman–Crippen MR) is 41.5 cm³/mol. The number of carboxylic acid groups (broad SMARTS) is 1.